The van der Waals surface area contributed by atoms with E-state index in [1.54, 1.807) is 0 Å². The number of carbonyl (C=O) groups excluding carboxylic acids is 1. The number of nitrogens with zero attached hydrogens (tertiary/aromatic N) is 1. The molecule has 0 aromatic heterocycles. The monoisotopic (exact) mass is 602 g/mol. The first-order chi connectivity index (χ1) is 21.1. The largest absolute Gasteiger partial charge is 0.491 e. The van der Waals surface area contributed by atoms with Crippen LogP contribution in [0.2, 0.25) is 0 Å². The van der Waals surface area contributed by atoms with Gasteiger partial charge in [0.05, 0.1) is 32.5 Å². The molecule has 0 bridgehead atoms. The summed E-state index contributed by atoms with van der Waals surface area (Å²) in [5, 5.41) is 3.06. The lowest BCUT2D eigenvalue weighted by atomic mass is 9.96. The van der Waals surface area contributed by atoms with E-state index in [2.05, 4.69) is 60.1 Å². The third-order valence-electron chi connectivity index (χ3n) is 7.62. The molecule has 0 saturated carbocycles. The van der Waals surface area contributed by atoms with Crippen LogP contribution in [-0.2, 0) is 19.0 Å². The molecule has 1 unspecified atom stereocenters. The minimum absolute atomic E-state index is 0.0202. The Balaban J connectivity index is 1.36. The molecule has 8 heteroatoms. The molecule has 0 radical (unpaired) electrons. The summed E-state index contributed by atoms with van der Waals surface area (Å²) in [5.41, 5.74) is 5.77. The first kappa shape index (κ1) is 31.1. The van der Waals surface area contributed by atoms with E-state index in [1.165, 1.54) is 0 Å². The van der Waals surface area contributed by atoms with Crippen LogP contribution in [0.1, 0.15) is 38.2 Å². The van der Waals surface area contributed by atoms with Crippen LogP contribution in [0, 0.1) is 0 Å². The molecule has 2 aliphatic heterocycles. The van der Waals surface area contributed by atoms with Crippen molar-refractivity contribution in [2.24, 2.45) is 0 Å². The van der Waals surface area contributed by atoms with Crippen molar-refractivity contribution >= 4 is 36.0 Å². The molecule has 1 saturated heterocycles. The van der Waals surface area contributed by atoms with Crippen LogP contribution in [0.25, 0.3) is 17.2 Å². The van der Waals surface area contributed by atoms with Crippen molar-refractivity contribution < 1.29 is 23.7 Å². The van der Waals surface area contributed by atoms with Gasteiger partial charge in [-0.2, -0.15) is 0 Å². The summed E-state index contributed by atoms with van der Waals surface area (Å²) in [6.45, 7) is 7.46. The number of benzene rings is 3. The molecule has 0 spiro atoms. The molecule has 43 heavy (non-hydrogen) atoms. The number of amides is 1. The molecular formula is C35H42N2O5S. The molecule has 3 aromatic carbocycles. The highest BCUT2D eigenvalue weighted by Crippen LogP contribution is 2.33. The minimum Gasteiger partial charge on any atom is -0.491 e. The van der Waals surface area contributed by atoms with Gasteiger partial charge in [0.1, 0.15) is 12.4 Å². The maximum atomic E-state index is 13.4. The molecule has 1 N–H and O–H groups in total. The first-order valence-corrected chi connectivity index (χ1v) is 15.7. The third-order valence-corrected chi connectivity index (χ3v) is 7.92. The van der Waals surface area contributed by atoms with E-state index < -0.39 is 0 Å². The number of fused-ring (bicyclic) bond motifs is 1. The Kier molecular flexibility index (Phi) is 11.6. The van der Waals surface area contributed by atoms with E-state index in [1.807, 2.05) is 42.5 Å². The van der Waals surface area contributed by atoms with Gasteiger partial charge in [0.15, 0.2) is 0 Å². The van der Waals surface area contributed by atoms with Crippen LogP contribution in [0.3, 0.4) is 0 Å². The topological polar surface area (TPSA) is 69.3 Å². The molecule has 5 rings (SSSR count). The van der Waals surface area contributed by atoms with Gasteiger partial charge >= 0.3 is 0 Å². The summed E-state index contributed by atoms with van der Waals surface area (Å²) in [6, 6.07) is 22.1. The third kappa shape index (κ3) is 9.10. The van der Waals surface area contributed by atoms with E-state index in [-0.39, 0.29) is 12.0 Å². The van der Waals surface area contributed by atoms with E-state index >= 15 is 0 Å². The second-order valence-electron chi connectivity index (χ2n) is 10.9. The number of thiol groups is 1. The fourth-order valence-corrected chi connectivity index (χ4v) is 5.45. The highest BCUT2D eigenvalue weighted by atomic mass is 32.1. The van der Waals surface area contributed by atoms with Crippen molar-refractivity contribution in [2.75, 3.05) is 62.9 Å². The predicted octanol–water partition coefficient (Wildman–Crippen LogP) is 6.88. The number of anilines is 2. The Morgan fingerprint density at radius 1 is 1.00 bits per heavy atom. The Bertz CT molecular complexity index is 1350. The van der Waals surface area contributed by atoms with Crippen molar-refractivity contribution in [3.63, 3.8) is 0 Å². The Morgan fingerprint density at radius 3 is 2.58 bits per heavy atom. The van der Waals surface area contributed by atoms with E-state index in [4.69, 9.17) is 18.9 Å². The molecule has 0 aliphatic carbocycles. The van der Waals surface area contributed by atoms with Crippen molar-refractivity contribution in [2.45, 2.75) is 43.6 Å². The number of carbonyl (C=O) groups is 1. The zero-order valence-corrected chi connectivity index (χ0v) is 25.8. The van der Waals surface area contributed by atoms with Gasteiger partial charge in [-0.1, -0.05) is 31.5 Å². The smallest absolute Gasteiger partial charge is 0.251 e. The quantitative estimate of drug-likeness (QED) is 0.174. The van der Waals surface area contributed by atoms with Crippen LogP contribution >= 0.6 is 12.6 Å². The summed E-state index contributed by atoms with van der Waals surface area (Å²) < 4.78 is 23.1. The van der Waals surface area contributed by atoms with Crippen LogP contribution in [0.15, 0.2) is 77.2 Å². The zero-order valence-electron chi connectivity index (χ0n) is 24.9. The van der Waals surface area contributed by atoms with Crippen molar-refractivity contribution in [3.8, 4) is 16.9 Å². The van der Waals surface area contributed by atoms with Crippen molar-refractivity contribution in [1.82, 2.24) is 0 Å². The number of hydrogen-bond acceptors (Lipinski definition) is 7. The van der Waals surface area contributed by atoms with Crippen LogP contribution in [0.4, 0.5) is 11.4 Å². The highest BCUT2D eigenvalue weighted by molar-refractivity contribution is 7.80. The average Bonchev–Trinajstić information content (AvgIpc) is 3.02. The normalized spacial score (nSPS) is 18.1. The summed E-state index contributed by atoms with van der Waals surface area (Å²) in [4.78, 5) is 16.6. The Labute approximate surface area is 260 Å². The first-order valence-electron chi connectivity index (χ1n) is 15.3. The predicted molar refractivity (Wildman–Crippen MR) is 175 cm³/mol. The molecule has 2 heterocycles. The van der Waals surface area contributed by atoms with Gasteiger partial charge in [-0.05, 0) is 90.6 Å². The number of nitrogens with one attached hydrogen (secondary N) is 1. The molecular weight excluding hydrogens is 560 g/mol. The van der Waals surface area contributed by atoms with Gasteiger partial charge in [-0.15, -0.1) is 12.6 Å². The van der Waals surface area contributed by atoms with Gasteiger partial charge in [-0.3, -0.25) is 4.79 Å². The summed E-state index contributed by atoms with van der Waals surface area (Å²) >= 11 is 4.35. The molecule has 228 valence electrons. The summed E-state index contributed by atoms with van der Waals surface area (Å²) in [6.07, 6.45) is 5.79. The van der Waals surface area contributed by atoms with E-state index in [9.17, 15) is 4.79 Å². The maximum Gasteiger partial charge on any atom is 0.251 e. The van der Waals surface area contributed by atoms with Crippen LogP contribution in [0.5, 0.6) is 5.75 Å². The Morgan fingerprint density at radius 2 is 1.81 bits per heavy atom. The summed E-state index contributed by atoms with van der Waals surface area (Å²) in [7, 11) is 0. The number of hydrogen-bond donors (Lipinski definition) is 2. The molecule has 1 fully saturated rings. The molecule has 3 aromatic rings. The lowest BCUT2D eigenvalue weighted by Gasteiger charge is -2.33. The van der Waals surface area contributed by atoms with Crippen LogP contribution in [-0.4, -0.2) is 64.7 Å². The fourth-order valence-electron chi connectivity index (χ4n) is 5.30. The molecule has 1 amide bonds. The highest BCUT2D eigenvalue weighted by Gasteiger charge is 2.23. The van der Waals surface area contributed by atoms with Gasteiger partial charge < -0.3 is 29.2 Å². The minimum atomic E-state index is -0.0825. The second-order valence-corrected chi connectivity index (χ2v) is 11.4. The van der Waals surface area contributed by atoms with Gasteiger partial charge in [0, 0.05) is 41.5 Å². The number of rotatable bonds is 12. The lowest BCUT2D eigenvalue weighted by Crippen LogP contribution is -2.41. The molecule has 2 aliphatic rings. The van der Waals surface area contributed by atoms with Crippen molar-refractivity contribution in [1.29, 1.82) is 0 Å². The maximum absolute atomic E-state index is 13.4. The molecule has 1 atom stereocenters. The Hall–Kier alpha value is -3.30. The van der Waals surface area contributed by atoms with Gasteiger partial charge in [0.2, 0.25) is 0 Å². The standard InChI is InChI=1S/C35H42N2O5S/c1-2-3-17-39-18-20-41-31-11-6-26(7-12-31)27-8-15-34-29(22-27)23-28(35(38)36-30-9-13-33(43)14-10-30)5-4-16-37(34)24-32-25-40-19-21-42-32/h6-15,22-23,32,43H,2-5,16-21,24-25H2,1H3,(H,36,38)/b28-23+. The average molecular weight is 603 g/mol. The fraction of sp³-hybridized carbons (Fsp3) is 0.400. The lowest BCUT2D eigenvalue weighted by molar-refractivity contribution is -0.112. The van der Waals surface area contributed by atoms with Crippen LogP contribution < -0.4 is 15.0 Å². The second kappa shape index (κ2) is 16.0. The summed E-state index contributed by atoms with van der Waals surface area (Å²) in [5.74, 6) is 0.737. The molecule has 7 nitrogen and oxygen atoms in total. The SMILES string of the molecule is CCCCOCCOc1ccc(-c2ccc3c(c2)/C=C(/C(=O)Nc2ccc(S)cc2)CCCN3CC2COCCO2)cc1. The van der Waals surface area contributed by atoms with Gasteiger partial charge in [0.25, 0.3) is 5.91 Å². The van der Waals surface area contributed by atoms with E-state index in [0.717, 1.165) is 83.2 Å². The van der Waals surface area contributed by atoms with E-state index in [0.29, 0.717) is 39.5 Å². The van der Waals surface area contributed by atoms with Crippen molar-refractivity contribution in [3.05, 3.63) is 77.9 Å². The zero-order chi connectivity index (χ0) is 29.9. The number of ether oxygens (including phenoxy) is 4. The number of unbranched alkanes of at least 4 members (excludes halogenated alkanes) is 1. The van der Waals surface area contributed by atoms with Gasteiger partial charge in [-0.25, -0.2) is 0 Å².